The lowest BCUT2D eigenvalue weighted by atomic mass is 9.92. The fourth-order valence-electron chi connectivity index (χ4n) is 3.99. The molecule has 1 N–H and O–H groups in total. The third kappa shape index (κ3) is 6.16. The highest BCUT2D eigenvalue weighted by molar-refractivity contribution is 5.75. The Bertz CT molecular complexity index is 746. The van der Waals surface area contributed by atoms with Crippen LogP contribution < -0.4 is 5.32 Å². The van der Waals surface area contributed by atoms with Crippen molar-refractivity contribution in [1.82, 2.24) is 20.4 Å². The van der Waals surface area contributed by atoms with E-state index in [0.29, 0.717) is 24.6 Å². The predicted octanol–water partition coefficient (Wildman–Crippen LogP) is 3.46. The summed E-state index contributed by atoms with van der Waals surface area (Å²) >= 11 is 0. The van der Waals surface area contributed by atoms with Crippen LogP contribution in [-0.4, -0.2) is 47.1 Å². The summed E-state index contributed by atoms with van der Waals surface area (Å²) in [6, 6.07) is 7.98. The fourth-order valence-corrected chi connectivity index (χ4v) is 3.99. The van der Waals surface area contributed by atoms with Crippen molar-refractivity contribution in [2.45, 2.75) is 46.5 Å². The topological polar surface area (TPSA) is 71.3 Å². The first kappa shape index (κ1) is 20.5. The first-order valence-electron chi connectivity index (χ1n) is 10.4. The normalized spacial score (nSPS) is 20.2. The zero-order valence-electron chi connectivity index (χ0n) is 17.3. The third-order valence-corrected chi connectivity index (χ3v) is 5.26. The Morgan fingerprint density at radius 3 is 2.64 bits per heavy atom. The van der Waals surface area contributed by atoms with Crippen molar-refractivity contribution in [3.63, 3.8) is 0 Å². The van der Waals surface area contributed by atoms with E-state index in [1.807, 2.05) is 31.2 Å². The Balaban J connectivity index is 1.34. The number of benzene rings is 1. The van der Waals surface area contributed by atoms with E-state index < -0.39 is 0 Å². The molecule has 3 rings (SSSR count). The molecule has 0 saturated carbocycles. The Morgan fingerprint density at radius 1 is 1.21 bits per heavy atom. The van der Waals surface area contributed by atoms with Crippen molar-refractivity contribution in [3.05, 3.63) is 35.7 Å². The molecule has 6 heteroatoms. The first-order valence-corrected chi connectivity index (χ1v) is 10.4. The number of aromatic nitrogens is 2. The summed E-state index contributed by atoms with van der Waals surface area (Å²) in [5.74, 6) is 2.66. The molecule has 2 heterocycles. The molecule has 2 aromatic rings. The minimum atomic E-state index is 0.0375. The van der Waals surface area contributed by atoms with Crippen LogP contribution in [0, 0.1) is 18.8 Å². The van der Waals surface area contributed by atoms with Gasteiger partial charge in [0, 0.05) is 38.0 Å². The molecule has 152 valence electrons. The molecule has 28 heavy (non-hydrogen) atoms. The number of carbonyl (C=O) groups is 1. The summed E-state index contributed by atoms with van der Waals surface area (Å²) in [5.41, 5.74) is 2.11. The maximum Gasteiger partial charge on any atom is 0.227 e. The minimum absolute atomic E-state index is 0.0375. The molecular weight excluding hydrogens is 352 g/mol. The van der Waals surface area contributed by atoms with Gasteiger partial charge in [-0.15, -0.1) is 0 Å². The van der Waals surface area contributed by atoms with Crippen LogP contribution in [0.3, 0.4) is 0 Å². The lowest BCUT2D eigenvalue weighted by Gasteiger charge is -2.34. The number of likely N-dealkylation sites (tertiary alicyclic amines) is 1. The maximum atomic E-state index is 12.1. The van der Waals surface area contributed by atoms with Gasteiger partial charge < -0.3 is 14.7 Å². The maximum absolute atomic E-state index is 12.1. The summed E-state index contributed by atoms with van der Waals surface area (Å²) in [5, 5.41) is 7.01. The SMILES string of the molecule is Cc1ccc(-c2noc(CCC(=O)NCCCN3C[C@@H](C)C[C@H](C)C3)n2)cc1. The molecule has 1 saturated heterocycles. The molecule has 0 unspecified atom stereocenters. The Kier molecular flexibility index (Phi) is 7.20. The van der Waals surface area contributed by atoms with Gasteiger partial charge in [0.25, 0.3) is 0 Å². The lowest BCUT2D eigenvalue weighted by Crippen LogP contribution is -2.40. The summed E-state index contributed by atoms with van der Waals surface area (Å²) in [6.07, 6.45) is 3.15. The molecule has 1 amide bonds. The number of piperidine rings is 1. The molecule has 0 radical (unpaired) electrons. The van der Waals surface area contributed by atoms with E-state index >= 15 is 0 Å². The smallest absolute Gasteiger partial charge is 0.227 e. The van der Waals surface area contributed by atoms with E-state index in [1.165, 1.54) is 25.1 Å². The summed E-state index contributed by atoms with van der Waals surface area (Å²) < 4.78 is 5.28. The molecule has 2 atom stereocenters. The monoisotopic (exact) mass is 384 g/mol. The second-order valence-corrected chi connectivity index (χ2v) is 8.29. The highest BCUT2D eigenvalue weighted by Crippen LogP contribution is 2.20. The zero-order chi connectivity index (χ0) is 19.9. The highest BCUT2D eigenvalue weighted by atomic mass is 16.5. The number of nitrogens with zero attached hydrogens (tertiary/aromatic N) is 3. The largest absolute Gasteiger partial charge is 0.356 e. The molecule has 1 aliphatic heterocycles. The Morgan fingerprint density at radius 2 is 1.93 bits per heavy atom. The molecule has 0 bridgehead atoms. The van der Waals surface area contributed by atoms with Crippen molar-refractivity contribution in [2.24, 2.45) is 11.8 Å². The number of rotatable bonds is 8. The fraction of sp³-hybridized carbons (Fsp3) is 0.591. The van der Waals surface area contributed by atoms with Crippen LogP contribution >= 0.6 is 0 Å². The second kappa shape index (κ2) is 9.82. The first-order chi connectivity index (χ1) is 13.5. The van der Waals surface area contributed by atoms with E-state index in [4.69, 9.17) is 4.52 Å². The van der Waals surface area contributed by atoms with Crippen LogP contribution in [0.1, 0.15) is 44.6 Å². The van der Waals surface area contributed by atoms with E-state index in [9.17, 15) is 4.79 Å². The van der Waals surface area contributed by atoms with E-state index in [1.54, 1.807) is 0 Å². The Hall–Kier alpha value is -2.21. The van der Waals surface area contributed by atoms with Gasteiger partial charge in [-0.2, -0.15) is 4.98 Å². The van der Waals surface area contributed by atoms with E-state index in [-0.39, 0.29) is 5.91 Å². The van der Waals surface area contributed by atoms with Gasteiger partial charge >= 0.3 is 0 Å². The molecule has 1 aromatic heterocycles. The number of carbonyl (C=O) groups excluding carboxylic acids is 1. The van der Waals surface area contributed by atoms with Gasteiger partial charge in [-0.1, -0.05) is 48.8 Å². The quantitative estimate of drug-likeness (QED) is 0.706. The second-order valence-electron chi connectivity index (χ2n) is 8.29. The van der Waals surface area contributed by atoms with Gasteiger partial charge in [-0.3, -0.25) is 4.79 Å². The highest BCUT2D eigenvalue weighted by Gasteiger charge is 2.21. The van der Waals surface area contributed by atoms with Gasteiger partial charge in [0.2, 0.25) is 17.6 Å². The van der Waals surface area contributed by atoms with Gasteiger partial charge in [-0.25, -0.2) is 0 Å². The summed E-state index contributed by atoms with van der Waals surface area (Å²) in [7, 11) is 0. The number of aryl methyl sites for hydroxylation is 2. The van der Waals surface area contributed by atoms with Crippen molar-refractivity contribution in [2.75, 3.05) is 26.2 Å². The average molecular weight is 385 g/mol. The summed E-state index contributed by atoms with van der Waals surface area (Å²) in [4.78, 5) is 19.0. The lowest BCUT2D eigenvalue weighted by molar-refractivity contribution is -0.121. The third-order valence-electron chi connectivity index (χ3n) is 5.26. The number of hydrogen-bond acceptors (Lipinski definition) is 5. The van der Waals surface area contributed by atoms with Gasteiger partial charge in [0.05, 0.1) is 0 Å². The van der Waals surface area contributed by atoms with Crippen molar-refractivity contribution < 1.29 is 9.32 Å². The van der Waals surface area contributed by atoms with Crippen LogP contribution in [0.5, 0.6) is 0 Å². The molecular formula is C22H32N4O2. The van der Waals surface area contributed by atoms with Crippen molar-refractivity contribution in [3.8, 4) is 11.4 Å². The predicted molar refractivity (Wildman–Crippen MR) is 110 cm³/mol. The van der Waals surface area contributed by atoms with Crippen LogP contribution in [0.2, 0.25) is 0 Å². The number of hydrogen-bond donors (Lipinski definition) is 1. The van der Waals surface area contributed by atoms with E-state index in [0.717, 1.165) is 36.9 Å². The van der Waals surface area contributed by atoms with Crippen LogP contribution in [0.4, 0.5) is 0 Å². The molecule has 0 aliphatic carbocycles. The minimum Gasteiger partial charge on any atom is -0.356 e. The van der Waals surface area contributed by atoms with Crippen molar-refractivity contribution in [1.29, 1.82) is 0 Å². The molecule has 1 aliphatic rings. The van der Waals surface area contributed by atoms with Gasteiger partial charge in [0.1, 0.15) is 0 Å². The molecule has 1 aromatic carbocycles. The van der Waals surface area contributed by atoms with E-state index in [2.05, 4.69) is 34.2 Å². The average Bonchev–Trinajstić information content (AvgIpc) is 3.12. The number of nitrogens with one attached hydrogen (secondary N) is 1. The standard InChI is InChI=1S/C22H32N4O2/c1-16-5-7-19(8-6-16)22-24-21(28-25-22)10-9-20(27)23-11-4-12-26-14-17(2)13-18(3)15-26/h5-8,17-18H,4,9-15H2,1-3H3,(H,23,27)/t17-,18-/m0/s1. The Labute approximate surface area is 167 Å². The van der Waals surface area contributed by atoms with Gasteiger partial charge in [0.15, 0.2) is 0 Å². The summed E-state index contributed by atoms with van der Waals surface area (Å²) in [6.45, 7) is 10.8. The van der Waals surface area contributed by atoms with Crippen LogP contribution in [0.25, 0.3) is 11.4 Å². The van der Waals surface area contributed by atoms with Gasteiger partial charge in [-0.05, 0) is 38.1 Å². The van der Waals surface area contributed by atoms with Crippen LogP contribution in [-0.2, 0) is 11.2 Å². The zero-order valence-corrected chi connectivity index (χ0v) is 17.3. The molecule has 6 nitrogen and oxygen atoms in total. The van der Waals surface area contributed by atoms with Crippen LogP contribution in [0.15, 0.2) is 28.8 Å². The molecule has 0 spiro atoms. The molecule has 1 fully saturated rings. The van der Waals surface area contributed by atoms with Crippen molar-refractivity contribution >= 4 is 5.91 Å². The number of amides is 1.